The average Bonchev–Trinajstić information content (AvgIpc) is 2.92. The molecule has 218 valence electrons. The maximum Gasteiger partial charge on any atom is 0.313 e. The van der Waals surface area contributed by atoms with E-state index in [4.69, 9.17) is 9.47 Å². The zero-order valence-corrected chi connectivity index (χ0v) is 25.8. The van der Waals surface area contributed by atoms with E-state index in [1.807, 2.05) is 6.07 Å². The van der Waals surface area contributed by atoms with Gasteiger partial charge in [-0.2, -0.15) is 0 Å². The van der Waals surface area contributed by atoms with Gasteiger partial charge < -0.3 is 9.47 Å². The van der Waals surface area contributed by atoms with Gasteiger partial charge in [-0.1, -0.05) is 101 Å². The molecule has 3 atom stereocenters. The van der Waals surface area contributed by atoms with Crippen LogP contribution in [0.5, 0.6) is 5.75 Å². The first-order valence-electron chi connectivity index (χ1n) is 15.1. The number of allylic oxidation sites excluding steroid dienone is 2. The predicted octanol–water partition coefficient (Wildman–Crippen LogP) is 8.76. The molecular weight excluding hydrogens is 496 g/mol. The van der Waals surface area contributed by atoms with Gasteiger partial charge in [0, 0.05) is 12.3 Å². The van der Waals surface area contributed by atoms with Gasteiger partial charge in [-0.05, 0) is 73.0 Å². The number of benzene rings is 2. The van der Waals surface area contributed by atoms with Gasteiger partial charge >= 0.3 is 5.97 Å². The zero-order chi connectivity index (χ0) is 29.3. The van der Waals surface area contributed by atoms with E-state index in [-0.39, 0.29) is 35.6 Å². The second-order valence-electron chi connectivity index (χ2n) is 12.6. The molecule has 0 aromatic heterocycles. The van der Waals surface area contributed by atoms with E-state index < -0.39 is 0 Å². The first-order chi connectivity index (χ1) is 19.0. The largest absolute Gasteiger partial charge is 0.496 e. The van der Waals surface area contributed by atoms with Crippen molar-refractivity contribution in [1.82, 2.24) is 0 Å². The Morgan fingerprint density at radius 3 is 2.42 bits per heavy atom. The Kier molecular flexibility index (Phi) is 11.6. The van der Waals surface area contributed by atoms with Crippen LogP contribution in [0.15, 0.2) is 60.2 Å². The lowest BCUT2D eigenvalue weighted by molar-refractivity contribution is -0.157. The smallest absolute Gasteiger partial charge is 0.313 e. The summed E-state index contributed by atoms with van der Waals surface area (Å²) >= 11 is 0. The third kappa shape index (κ3) is 8.56. The molecule has 0 saturated heterocycles. The molecule has 0 aliphatic heterocycles. The van der Waals surface area contributed by atoms with Crippen LogP contribution in [0, 0.1) is 11.8 Å². The minimum Gasteiger partial charge on any atom is -0.496 e. The van der Waals surface area contributed by atoms with Crippen LogP contribution >= 0.6 is 0 Å². The number of Topliss-reactive ketones (excluding diaryl/α,β-unsaturated/α-hetero) is 1. The number of carbonyl (C=O) groups excluding carboxylic acids is 2. The molecule has 0 bridgehead atoms. The fraction of sp³-hybridized carbons (Fsp3) is 0.556. The third-order valence-electron chi connectivity index (χ3n) is 8.78. The van der Waals surface area contributed by atoms with Gasteiger partial charge in [-0.15, -0.1) is 0 Å². The molecule has 1 aliphatic rings. The average molecular weight is 547 g/mol. The summed E-state index contributed by atoms with van der Waals surface area (Å²) in [6, 6.07) is 16.8. The van der Waals surface area contributed by atoms with Crippen molar-refractivity contribution in [3.05, 3.63) is 76.9 Å². The van der Waals surface area contributed by atoms with Gasteiger partial charge in [0.15, 0.2) is 0 Å². The van der Waals surface area contributed by atoms with Crippen molar-refractivity contribution >= 4 is 11.8 Å². The Morgan fingerprint density at radius 2 is 1.75 bits per heavy atom. The van der Waals surface area contributed by atoms with Crippen molar-refractivity contribution in [1.29, 1.82) is 0 Å². The van der Waals surface area contributed by atoms with Crippen molar-refractivity contribution in [2.45, 2.75) is 110 Å². The monoisotopic (exact) mass is 546 g/mol. The SMILES string of the molecule is COc1c(CC/C=C(\C)CCC(=O)CC(=O)O[C@H]2C[C@H](C)CC[C@H]2C(C)(C)c2ccccc2)cccc1C(C)C. The second kappa shape index (κ2) is 14.7. The van der Waals surface area contributed by atoms with Crippen LogP contribution in [-0.2, 0) is 26.2 Å². The van der Waals surface area contributed by atoms with Gasteiger partial charge in [0.1, 0.15) is 24.1 Å². The number of esters is 1. The Balaban J connectivity index is 1.50. The molecule has 0 unspecified atom stereocenters. The molecule has 4 heteroatoms. The molecule has 0 spiro atoms. The van der Waals surface area contributed by atoms with Crippen LogP contribution in [-0.4, -0.2) is 25.0 Å². The number of aryl methyl sites for hydroxylation is 1. The topological polar surface area (TPSA) is 52.6 Å². The van der Waals surface area contributed by atoms with E-state index in [0.717, 1.165) is 37.9 Å². The quantitative estimate of drug-likeness (QED) is 0.143. The van der Waals surface area contributed by atoms with Crippen LogP contribution in [0.25, 0.3) is 0 Å². The normalized spacial score (nSPS) is 19.9. The van der Waals surface area contributed by atoms with E-state index in [1.165, 1.54) is 22.3 Å². The predicted molar refractivity (Wildman–Crippen MR) is 164 cm³/mol. The molecule has 1 saturated carbocycles. The summed E-state index contributed by atoms with van der Waals surface area (Å²) < 4.78 is 11.7. The van der Waals surface area contributed by atoms with E-state index in [9.17, 15) is 9.59 Å². The molecule has 1 aliphatic carbocycles. The van der Waals surface area contributed by atoms with E-state index in [1.54, 1.807) is 7.11 Å². The first kappa shape index (κ1) is 31.6. The number of hydrogen-bond donors (Lipinski definition) is 0. The van der Waals surface area contributed by atoms with Crippen LogP contribution < -0.4 is 4.74 Å². The van der Waals surface area contributed by atoms with Crippen LogP contribution in [0.2, 0.25) is 0 Å². The van der Waals surface area contributed by atoms with Crippen LogP contribution in [0.3, 0.4) is 0 Å². The maximum atomic E-state index is 12.9. The number of ketones is 1. The van der Waals surface area contributed by atoms with Crippen molar-refractivity contribution in [3.63, 3.8) is 0 Å². The summed E-state index contributed by atoms with van der Waals surface area (Å²) in [5.41, 5.74) is 4.77. The third-order valence-corrected chi connectivity index (χ3v) is 8.78. The summed E-state index contributed by atoms with van der Waals surface area (Å²) in [5, 5.41) is 0. The molecule has 0 heterocycles. The highest BCUT2D eigenvalue weighted by Crippen LogP contribution is 2.43. The summed E-state index contributed by atoms with van der Waals surface area (Å²) in [4.78, 5) is 25.6. The highest BCUT2D eigenvalue weighted by molar-refractivity contribution is 5.95. The lowest BCUT2D eigenvalue weighted by Crippen LogP contribution is -2.43. The van der Waals surface area contributed by atoms with E-state index in [2.05, 4.69) is 90.1 Å². The molecule has 2 aromatic rings. The van der Waals surface area contributed by atoms with Crippen LogP contribution in [0.4, 0.5) is 0 Å². The zero-order valence-electron chi connectivity index (χ0n) is 25.8. The Hall–Kier alpha value is -2.88. The van der Waals surface area contributed by atoms with E-state index in [0.29, 0.717) is 24.7 Å². The molecule has 4 nitrogen and oxygen atoms in total. The number of ether oxygens (including phenoxy) is 2. The second-order valence-corrected chi connectivity index (χ2v) is 12.6. The van der Waals surface area contributed by atoms with Gasteiger partial charge in [-0.25, -0.2) is 0 Å². The summed E-state index contributed by atoms with van der Waals surface area (Å²) in [7, 11) is 1.74. The molecule has 3 rings (SSSR count). The standard InChI is InChI=1S/C36H50O4/c1-25(2)31-18-12-15-28(35(31)39-7)14-11-13-26(3)19-21-30(37)24-34(38)40-33-23-27(4)20-22-32(33)36(5,6)29-16-9-8-10-17-29/h8-10,12-13,15-18,25,27,32-33H,11,14,19-24H2,1-7H3/b26-13+/t27-,32-,33+/m1/s1. The van der Waals surface area contributed by atoms with Crippen molar-refractivity contribution in [2.75, 3.05) is 7.11 Å². The van der Waals surface area contributed by atoms with Crippen LogP contribution in [0.1, 0.15) is 109 Å². The number of para-hydroxylation sites is 1. The van der Waals surface area contributed by atoms with E-state index >= 15 is 0 Å². The molecule has 0 amide bonds. The lowest BCUT2D eigenvalue weighted by atomic mass is 9.64. The fourth-order valence-electron chi connectivity index (χ4n) is 6.24. The van der Waals surface area contributed by atoms with Crippen molar-refractivity contribution < 1.29 is 19.1 Å². The molecule has 0 N–H and O–H groups in total. The molecule has 1 fully saturated rings. The number of methoxy groups -OCH3 is 1. The Bertz CT molecular complexity index is 1140. The van der Waals surface area contributed by atoms with Gasteiger partial charge in [0.05, 0.1) is 7.11 Å². The molecule has 2 aromatic carbocycles. The summed E-state index contributed by atoms with van der Waals surface area (Å²) in [5.74, 6) is 1.71. The highest BCUT2D eigenvalue weighted by atomic mass is 16.5. The molecular formula is C36H50O4. The summed E-state index contributed by atoms with van der Waals surface area (Å²) in [6.07, 6.45) is 7.72. The Labute approximate surface area is 242 Å². The number of carbonyl (C=O) groups is 2. The molecule has 40 heavy (non-hydrogen) atoms. The summed E-state index contributed by atoms with van der Waals surface area (Å²) in [6.45, 7) is 13.1. The lowest BCUT2D eigenvalue weighted by Gasteiger charge is -2.44. The fourth-order valence-corrected chi connectivity index (χ4v) is 6.24. The first-order valence-corrected chi connectivity index (χ1v) is 15.1. The minimum atomic E-state index is -0.378. The van der Waals surface area contributed by atoms with Gasteiger partial charge in [0.2, 0.25) is 0 Å². The maximum absolute atomic E-state index is 12.9. The van der Waals surface area contributed by atoms with Crippen molar-refractivity contribution in [3.8, 4) is 5.75 Å². The number of hydrogen-bond acceptors (Lipinski definition) is 4. The molecule has 0 radical (unpaired) electrons. The van der Waals surface area contributed by atoms with Gasteiger partial charge in [0.25, 0.3) is 0 Å². The minimum absolute atomic E-state index is 0.0493. The van der Waals surface area contributed by atoms with Crippen molar-refractivity contribution in [2.24, 2.45) is 11.8 Å². The van der Waals surface area contributed by atoms with Gasteiger partial charge in [-0.3, -0.25) is 9.59 Å². The Morgan fingerprint density at radius 1 is 1.02 bits per heavy atom. The number of rotatable bonds is 13. The highest BCUT2D eigenvalue weighted by Gasteiger charge is 2.42.